The number of piperidine rings is 1. The first-order valence-corrected chi connectivity index (χ1v) is 9.84. The lowest BCUT2D eigenvalue weighted by Crippen LogP contribution is -2.43. The Morgan fingerprint density at radius 1 is 1.20 bits per heavy atom. The van der Waals surface area contributed by atoms with Crippen LogP contribution >= 0.6 is 0 Å². The number of nitrogens with zero attached hydrogens (tertiary/aromatic N) is 3. The molecular weight excluding hydrogens is 382 g/mol. The fraction of sp³-hybridized carbons (Fsp3) is 0.273. The van der Waals surface area contributed by atoms with E-state index in [0.717, 1.165) is 18.4 Å². The first-order chi connectivity index (χ1) is 14.6. The van der Waals surface area contributed by atoms with Crippen molar-refractivity contribution in [3.05, 3.63) is 60.6 Å². The summed E-state index contributed by atoms with van der Waals surface area (Å²) in [4.78, 5) is 31.4. The molecule has 0 bridgehead atoms. The molecule has 8 heteroatoms. The Balaban J connectivity index is 1.41. The monoisotopic (exact) mass is 405 g/mol. The summed E-state index contributed by atoms with van der Waals surface area (Å²) in [5.41, 5.74) is 2.66. The van der Waals surface area contributed by atoms with Crippen molar-refractivity contribution in [2.45, 2.75) is 12.8 Å². The third-order valence-electron chi connectivity index (χ3n) is 5.20. The number of likely N-dealkylation sites (tertiary alicyclic amines) is 1. The average Bonchev–Trinajstić information content (AvgIpc) is 3.30. The van der Waals surface area contributed by atoms with Crippen LogP contribution in [-0.2, 0) is 4.79 Å². The molecule has 154 valence electrons. The van der Waals surface area contributed by atoms with Gasteiger partial charge in [0.1, 0.15) is 11.4 Å². The standard InChI is InChI=1S/C22H23N5O3/c1-30-18-6-2-5-17(12-18)24-21(28)16-4-3-11-27(14-16)22(29)20-13-19(25-26-20)15-7-9-23-10-8-15/h2,5-10,12-13,16H,3-4,11,14H2,1H3,(H,24,28)(H,25,26)/t16-/m1/s1. The topological polar surface area (TPSA) is 100 Å². The predicted molar refractivity (Wildman–Crippen MR) is 112 cm³/mol. The number of carbonyl (C=O) groups excluding carboxylic acids is 2. The molecule has 1 aliphatic heterocycles. The van der Waals surface area contributed by atoms with Crippen molar-refractivity contribution in [3.63, 3.8) is 0 Å². The van der Waals surface area contributed by atoms with E-state index < -0.39 is 0 Å². The highest BCUT2D eigenvalue weighted by Crippen LogP contribution is 2.23. The Labute approximate surface area is 174 Å². The van der Waals surface area contributed by atoms with Crippen LogP contribution in [0.2, 0.25) is 0 Å². The fourth-order valence-corrected chi connectivity index (χ4v) is 3.59. The Morgan fingerprint density at radius 2 is 2.03 bits per heavy atom. The van der Waals surface area contributed by atoms with E-state index >= 15 is 0 Å². The molecule has 1 atom stereocenters. The van der Waals surface area contributed by atoms with Crippen LogP contribution in [-0.4, -0.2) is 52.1 Å². The second-order valence-electron chi connectivity index (χ2n) is 7.21. The quantitative estimate of drug-likeness (QED) is 0.680. The molecule has 0 spiro atoms. The van der Waals surface area contributed by atoms with Crippen molar-refractivity contribution in [3.8, 4) is 17.0 Å². The summed E-state index contributed by atoms with van der Waals surface area (Å²) in [6.07, 6.45) is 4.88. The molecule has 3 heterocycles. The lowest BCUT2D eigenvalue weighted by atomic mass is 9.96. The maximum Gasteiger partial charge on any atom is 0.271 e. The number of amides is 2. The third kappa shape index (κ3) is 4.32. The van der Waals surface area contributed by atoms with E-state index in [4.69, 9.17) is 4.74 Å². The lowest BCUT2D eigenvalue weighted by Gasteiger charge is -2.31. The number of benzene rings is 1. The smallest absolute Gasteiger partial charge is 0.271 e. The van der Waals surface area contributed by atoms with Crippen LogP contribution in [0.25, 0.3) is 11.3 Å². The van der Waals surface area contributed by atoms with Crippen LogP contribution in [0.15, 0.2) is 54.9 Å². The summed E-state index contributed by atoms with van der Waals surface area (Å²) < 4.78 is 5.20. The minimum Gasteiger partial charge on any atom is -0.497 e. The number of anilines is 1. The van der Waals surface area contributed by atoms with E-state index in [9.17, 15) is 9.59 Å². The van der Waals surface area contributed by atoms with E-state index in [1.807, 2.05) is 30.3 Å². The van der Waals surface area contributed by atoms with Gasteiger partial charge in [0, 0.05) is 42.8 Å². The molecule has 1 saturated heterocycles. The highest BCUT2D eigenvalue weighted by atomic mass is 16.5. The summed E-state index contributed by atoms with van der Waals surface area (Å²) in [5.74, 6) is 0.165. The van der Waals surface area contributed by atoms with E-state index in [2.05, 4.69) is 20.5 Å². The molecule has 1 aromatic carbocycles. The number of carbonyl (C=O) groups is 2. The number of hydrogen-bond acceptors (Lipinski definition) is 5. The van der Waals surface area contributed by atoms with Gasteiger partial charge in [-0.3, -0.25) is 19.7 Å². The predicted octanol–water partition coefficient (Wildman–Crippen LogP) is 2.97. The number of hydrogen-bond donors (Lipinski definition) is 2. The second-order valence-corrected chi connectivity index (χ2v) is 7.21. The van der Waals surface area contributed by atoms with Crippen molar-refractivity contribution in [1.82, 2.24) is 20.1 Å². The minimum atomic E-state index is -0.267. The summed E-state index contributed by atoms with van der Waals surface area (Å²) >= 11 is 0. The zero-order valence-electron chi connectivity index (χ0n) is 16.7. The molecule has 1 aliphatic rings. The van der Waals surface area contributed by atoms with Crippen LogP contribution in [0.3, 0.4) is 0 Å². The Hall–Kier alpha value is -3.68. The molecule has 4 rings (SSSR count). The van der Waals surface area contributed by atoms with Gasteiger partial charge in [0.2, 0.25) is 5.91 Å². The van der Waals surface area contributed by atoms with Gasteiger partial charge in [-0.25, -0.2) is 0 Å². The van der Waals surface area contributed by atoms with Gasteiger partial charge < -0.3 is 15.0 Å². The molecular formula is C22H23N5O3. The van der Waals surface area contributed by atoms with Gasteiger partial charge in [0.15, 0.2) is 0 Å². The molecule has 0 unspecified atom stereocenters. The summed E-state index contributed by atoms with van der Waals surface area (Å²) in [7, 11) is 1.58. The Morgan fingerprint density at radius 3 is 2.83 bits per heavy atom. The van der Waals surface area contributed by atoms with Gasteiger partial charge in [-0.2, -0.15) is 5.10 Å². The molecule has 2 aromatic heterocycles. The summed E-state index contributed by atoms with van der Waals surface area (Å²) in [6.45, 7) is 0.990. The second kappa shape index (κ2) is 8.77. The maximum absolute atomic E-state index is 12.9. The van der Waals surface area contributed by atoms with E-state index in [1.165, 1.54) is 0 Å². The van der Waals surface area contributed by atoms with Gasteiger partial charge >= 0.3 is 0 Å². The molecule has 2 N–H and O–H groups in total. The van der Waals surface area contributed by atoms with Crippen LogP contribution < -0.4 is 10.1 Å². The molecule has 1 fully saturated rings. The summed E-state index contributed by atoms with van der Waals surface area (Å²) in [6, 6.07) is 12.6. The molecule has 30 heavy (non-hydrogen) atoms. The molecule has 8 nitrogen and oxygen atoms in total. The number of H-pyrrole nitrogens is 1. The highest BCUT2D eigenvalue weighted by molar-refractivity contribution is 5.96. The Bertz CT molecular complexity index is 1030. The van der Waals surface area contributed by atoms with Gasteiger partial charge in [-0.05, 0) is 43.2 Å². The van der Waals surface area contributed by atoms with E-state index in [0.29, 0.717) is 35.9 Å². The van der Waals surface area contributed by atoms with Crippen molar-refractivity contribution >= 4 is 17.5 Å². The molecule has 0 radical (unpaired) electrons. The molecule has 0 saturated carbocycles. The van der Waals surface area contributed by atoms with Crippen LogP contribution in [0.5, 0.6) is 5.75 Å². The molecule has 2 amide bonds. The number of aromatic nitrogens is 3. The number of pyridine rings is 1. The Kier molecular flexibility index (Phi) is 5.74. The van der Waals surface area contributed by atoms with Gasteiger partial charge in [0.05, 0.1) is 18.7 Å². The average molecular weight is 405 g/mol. The first kappa shape index (κ1) is 19.6. The number of methoxy groups -OCH3 is 1. The number of nitrogens with one attached hydrogen (secondary N) is 2. The van der Waals surface area contributed by atoms with Crippen LogP contribution in [0, 0.1) is 5.92 Å². The number of rotatable bonds is 5. The molecule has 0 aliphatic carbocycles. The van der Waals surface area contributed by atoms with Crippen molar-refractivity contribution in [2.75, 3.05) is 25.5 Å². The third-order valence-corrected chi connectivity index (χ3v) is 5.20. The van der Waals surface area contributed by atoms with E-state index in [1.54, 1.807) is 36.5 Å². The minimum absolute atomic E-state index is 0.0946. The van der Waals surface area contributed by atoms with Crippen molar-refractivity contribution < 1.29 is 14.3 Å². The van der Waals surface area contributed by atoms with Crippen LogP contribution in [0.4, 0.5) is 5.69 Å². The fourth-order valence-electron chi connectivity index (χ4n) is 3.59. The van der Waals surface area contributed by atoms with Crippen LogP contribution in [0.1, 0.15) is 23.3 Å². The number of ether oxygens (including phenoxy) is 1. The SMILES string of the molecule is COc1cccc(NC(=O)[C@@H]2CCCN(C(=O)c3cc(-c4ccncc4)n[nH]3)C2)c1. The van der Waals surface area contributed by atoms with Gasteiger partial charge in [-0.15, -0.1) is 0 Å². The maximum atomic E-state index is 12.9. The highest BCUT2D eigenvalue weighted by Gasteiger charge is 2.29. The van der Waals surface area contributed by atoms with E-state index in [-0.39, 0.29) is 17.7 Å². The zero-order chi connectivity index (χ0) is 20.9. The normalized spacial score (nSPS) is 16.2. The largest absolute Gasteiger partial charge is 0.497 e. The van der Waals surface area contributed by atoms with Crippen molar-refractivity contribution in [1.29, 1.82) is 0 Å². The van der Waals surface area contributed by atoms with Crippen molar-refractivity contribution in [2.24, 2.45) is 5.92 Å². The molecule has 3 aromatic rings. The zero-order valence-corrected chi connectivity index (χ0v) is 16.7. The van der Waals surface area contributed by atoms with Gasteiger partial charge in [-0.1, -0.05) is 6.07 Å². The number of aromatic amines is 1. The lowest BCUT2D eigenvalue weighted by molar-refractivity contribution is -0.121. The first-order valence-electron chi connectivity index (χ1n) is 9.84. The summed E-state index contributed by atoms with van der Waals surface area (Å²) in [5, 5.41) is 9.99. The van der Waals surface area contributed by atoms with Gasteiger partial charge in [0.25, 0.3) is 5.91 Å².